The van der Waals surface area contributed by atoms with E-state index in [0.717, 1.165) is 12.8 Å². The second-order valence-electron chi connectivity index (χ2n) is 1.63. The number of rotatable bonds is 3. The van der Waals surface area contributed by atoms with E-state index in [2.05, 4.69) is 12.2 Å². The fourth-order valence-electron chi connectivity index (χ4n) is 0.383. The van der Waals surface area contributed by atoms with Gasteiger partial charge in [-0.1, -0.05) is 13.3 Å². The standard InChI is InChI=1S/C6H13NO/c1-3-4-5-6(8)7-2/h5,7-8H,3-4H2,1-2H3. The summed E-state index contributed by atoms with van der Waals surface area (Å²) < 4.78 is 0. The first-order valence-corrected chi connectivity index (χ1v) is 2.88. The molecule has 0 atom stereocenters. The summed E-state index contributed by atoms with van der Waals surface area (Å²) >= 11 is 0. The highest BCUT2D eigenvalue weighted by Gasteiger charge is 1.80. The fourth-order valence-corrected chi connectivity index (χ4v) is 0.383. The number of nitrogens with one attached hydrogen (secondary N) is 1. The summed E-state index contributed by atoms with van der Waals surface area (Å²) in [5.74, 6) is 0.270. The Hall–Kier alpha value is -0.660. The van der Waals surface area contributed by atoms with Crippen LogP contribution >= 0.6 is 0 Å². The third-order valence-electron chi connectivity index (χ3n) is 0.883. The van der Waals surface area contributed by atoms with E-state index < -0.39 is 0 Å². The van der Waals surface area contributed by atoms with Crippen molar-refractivity contribution in [2.75, 3.05) is 7.05 Å². The van der Waals surface area contributed by atoms with E-state index in [4.69, 9.17) is 5.11 Å². The SMILES string of the molecule is CCCC=C(O)NC. The van der Waals surface area contributed by atoms with Crippen molar-refractivity contribution in [2.24, 2.45) is 0 Å². The number of hydrogen-bond acceptors (Lipinski definition) is 2. The molecule has 2 N–H and O–H groups in total. The summed E-state index contributed by atoms with van der Waals surface area (Å²) in [4.78, 5) is 0. The number of aliphatic hydroxyl groups is 1. The highest BCUT2D eigenvalue weighted by atomic mass is 16.3. The summed E-state index contributed by atoms with van der Waals surface area (Å²) in [5, 5.41) is 11.4. The van der Waals surface area contributed by atoms with Crippen molar-refractivity contribution in [3.8, 4) is 0 Å². The molecule has 0 saturated carbocycles. The average molecular weight is 115 g/mol. The van der Waals surface area contributed by atoms with Gasteiger partial charge in [-0.05, 0) is 12.5 Å². The number of aliphatic hydroxyl groups excluding tert-OH is 1. The molecule has 8 heavy (non-hydrogen) atoms. The van der Waals surface area contributed by atoms with Crippen LogP contribution in [0.3, 0.4) is 0 Å². The highest BCUT2D eigenvalue weighted by molar-refractivity contribution is 4.85. The molecule has 0 rings (SSSR count). The molecule has 0 aromatic carbocycles. The molecule has 0 heterocycles. The zero-order valence-electron chi connectivity index (χ0n) is 5.44. The van der Waals surface area contributed by atoms with Crippen LogP contribution in [0.15, 0.2) is 12.0 Å². The Morgan fingerprint density at radius 3 is 2.75 bits per heavy atom. The average Bonchev–Trinajstić information content (AvgIpc) is 1.83. The van der Waals surface area contributed by atoms with Crippen LogP contribution in [0.1, 0.15) is 19.8 Å². The summed E-state index contributed by atoms with van der Waals surface area (Å²) in [6, 6.07) is 0. The lowest BCUT2D eigenvalue weighted by molar-refractivity contribution is 0.373. The van der Waals surface area contributed by atoms with Crippen LogP contribution in [0, 0.1) is 0 Å². The van der Waals surface area contributed by atoms with Crippen LogP contribution < -0.4 is 5.32 Å². The van der Waals surface area contributed by atoms with E-state index in [1.54, 1.807) is 13.1 Å². The quantitative estimate of drug-likeness (QED) is 0.545. The smallest absolute Gasteiger partial charge is 0.179 e. The Labute approximate surface area is 50.2 Å². The van der Waals surface area contributed by atoms with E-state index >= 15 is 0 Å². The molecule has 0 amide bonds. The van der Waals surface area contributed by atoms with Gasteiger partial charge in [-0.2, -0.15) is 0 Å². The van der Waals surface area contributed by atoms with Crippen molar-refractivity contribution < 1.29 is 5.11 Å². The fraction of sp³-hybridized carbons (Fsp3) is 0.667. The Morgan fingerprint density at radius 1 is 1.75 bits per heavy atom. The van der Waals surface area contributed by atoms with Crippen LogP contribution in [-0.4, -0.2) is 12.2 Å². The van der Waals surface area contributed by atoms with Gasteiger partial charge in [-0.25, -0.2) is 0 Å². The summed E-state index contributed by atoms with van der Waals surface area (Å²) in [6.07, 6.45) is 3.78. The summed E-state index contributed by atoms with van der Waals surface area (Å²) in [6.45, 7) is 2.07. The molecule has 0 spiro atoms. The van der Waals surface area contributed by atoms with Gasteiger partial charge >= 0.3 is 0 Å². The predicted molar refractivity (Wildman–Crippen MR) is 34.7 cm³/mol. The van der Waals surface area contributed by atoms with Crippen molar-refractivity contribution in [1.82, 2.24) is 5.32 Å². The maximum Gasteiger partial charge on any atom is 0.179 e. The first-order valence-electron chi connectivity index (χ1n) is 2.88. The maximum absolute atomic E-state index is 8.74. The van der Waals surface area contributed by atoms with Gasteiger partial charge in [0.2, 0.25) is 0 Å². The largest absolute Gasteiger partial charge is 0.495 e. The molecular weight excluding hydrogens is 102 g/mol. The second kappa shape index (κ2) is 4.50. The van der Waals surface area contributed by atoms with E-state index in [9.17, 15) is 0 Å². The minimum atomic E-state index is 0.270. The predicted octanol–water partition coefficient (Wildman–Crippen LogP) is 1.41. The lowest BCUT2D eigenvalue weighted by atomic mass is 10.3. The minimum Gasteiger partial charge on any atom is -0.495 e. The second-order valence-corrected chi connectivity index (χ2v) is 1.63. The Balaban J connectivity index is 3.26. The number of allylic oxidation sites excluding steroid dienone is 1. The molecule has 2 heteroatoms. The topological polar surface area (TPSA) is 32.3 Å². The summed E-state index contributed by atoms with van der Waals surface area (Å²) in [7, 11) is 1.70. The molecule has 48 valence electrons. The van der Waals surface area contributed by atoms with Crippen LogP contribution in [0.25, 0.3) is 0 Å². The minimum absolute atomic E-state index is 0.270. The molecule has 0 bridgehead atoms. The van der Waals surface area contributed by atoms with Crippen LogP contribution in [-0.2, 0) is 0 Å². The molecule has 2 nitrogen and oxygen atoms in total. The van der Waals surface area contributed by atoms with Crippen LogP contribution in [0.2, 0.25) is 0 Å². The maximum atomic E-state index is 8.74. The van der Waals surface area contributed by atoms with Crippen molar-refractivity contribution in [3.05, 3.63) is 12.0 Å². The molecule has 0 fully saturated rings. The number of hydrogen-bond donors (Lipinski definition) is 2. The van der Waals surface area contributed by atoms with E-state index in [1.165, 1.54) is 0 Å². The van der Waals surface area contributed by atoms with Gasteiger partial charge in [0, 0.05) is 7.05 Å². The van der Waals surface area contributed by atoms with E-state index in [0.29, 0.717) is 0 Å². The Kier molecular flexibility index (Phi) is 4.13. The Morgan fingerprint density at radius 2 is 2.38 bits per heavy atom. The van der Waals surface area contributed by atoms with Crippen molar-refractivity contribution >= 4 is 0 Å². The molecule has 0 saturated heterocycles. The monoisotopic (exact) mass is 115 g/mol. The van der Waals surface area contributed by atoms with Gasteiger partial charge in [0.15, 0.2) is 5.88 Å². The highest BCUT2D eigenvalue weighted by Crippen LogP contribution is 1.89. The first-order chi connectivity index (χ1) is 3.81. The molecule has 0 radical (unpaired) electrons. The third-order valence-corrected chi connectivity index (χ3v) is 0.883. The lowest BCUT2D eigenvalue weighted by Gasteiger charge is -1.93. The third kappa shape index (κ3) is 3.53. The molecule has 0 aromatic rings. The van der Waals surface area contributed by atoms with Gasteiger partial charge in [0.1, 0.15) is 0 Å². The van der Waals surface area contributed by atoms with Gasteiger partial charge < -0.3 is 10.4 Å². The Bertz CT molecular complexity index is 78.6. The van der Waals surface area contributed by atoms with E-state index in [-0.39, 0.29) is 5.88 Å². The first kappa shape index (κ1) is 7.34. The van der Waals surface area contributed by atoms with Crippen LogP contribution in [0.5, 0.6) is 0 Å². The van der Waals surface area contributed by atoms with Gasteiger partial charge in [-0.3, -0.25) is 0 Å². The molecule has 0 aromatic heterocycles. The zero-order chi connectivity index (χ0) is 6.41. The molecule has 0 aliphatic rings. The van der Waals surface area contributed by atoms with E-state index in [1.807, 2.05) is 0 Å². The van der Waals surface area contributed by atoms with Gasteiger partial charge in [0.05, 0.1) is 0 Å². The van der Waals surface area contributed by atoms with Crippen molar-refractivity contribution in [1.29, 1.82) is 0 Å². The van der Waals surface area contributed by atoms with Crippen molar-refractivity contribution in [2.45, 2.75) is 19.8 Å². The van der Waals surface area contributed by atoms with Crippen LogP contribution in [0.4, 0.5) is 0 Å². The zero-order valence-corrected chi connectivity index (χ0v) is 5.44. The number of unbranched alkanes of at least 4 members (excludes halogenated alkanes) is 1. The molecule has 0 aliphatic heterocycles. The lowest BCUT2D eigenvalue weighted by Crippen LogP contribution is -2.03. The van der Waals surface area contributed by atoms with Crippen molar-refractivity contribution in [3.63, 3.8) is 0 Å². The molecule has 0 unspecified atom stereocenters. The molecular formula is C6H13NO. The normalized spacial score (nSPS) is 11.5. The van der Waals surface area contributed by atoms with Gasteiger partial charge in [0.25, 0.3) is 0 Å². The molecule has 0 aliphatic carbocycles. The van der Waals surface area contributed by atoms with Gasteiger partial charge in [-0.15, -0.1) is 0 Å². The summed E-state index contributed by atoms with van der Waals surface area (Å²) in [5.41, 5.74) is 0.